The number of hydrogen-bond donors (Lipinski definition) is 0. The quantitative estimate of drug-likeness (QED) is 0.471. The molecule has 0 spiro atoms. The standard InChI is InChI=1S/C20H18ClN3O2S/c1-23(2)19(25)16(21)18-17(12-8-10-13(26-3)11-9-12)22-20-24(18)14-6-4-5-7-15(14)27-20/h4-11,16H,1-3H3. The van der Waals surface area contributed by atoms with E-state index in [-0.39, 0.29) is 5.91 Å². The molecule has 1 atom stereocenters. The number of likely N-dealkylation sites (N-methyl/N-ethyl adjacent to an activating group) is 1. The van der Waals surface area contributed by atoms with Crippen molar-refractivity contribution in [1.29, 1.82) is 0 Å². The maximum absolute atomic E-state index is 12.7. The van der Waals surface area contributed by atoms with Gasteiger partial charge in [0, 0.05) is 19.7 Å². The van der Waals surface area contributed by atoms with E-state index in [1.165, 1.54) is 4.90 Å². The van der Waals surface area contributed by atoms with Crippen molar-refractivity contribution in [2.24, 2.45) is 0 Å². The third kappa shape index (κ3) is 2.95. The van der Waals surface area contributed by atoms with Crippen LogP contribution in [0.25, 0.3) is 26.4 Å². The SMILES string of the molecule is COc1ccc(-c2nc3sc4ccccc4n3c2C(Cl)C(=O)N(C)C)cc1. The van der Waals surface area contributed by atoms with E-state index in [4.69, 9.17) is 21.3 Å². The van der Waals surface area contributed by atoms with E-state index in [2.05, 4.69) is 0 Å². The van der Waals surface area contributed by atoms with Crippen LogP contribution in [-0.2, 0) is 4.79 Å². The highest BCUT2D eigenvalue weighted by atomic mass is 35.5. The minimum absolute atomic E-state index is 0.177. The Morgan fingerprint density at radius 1 is 1.19 bits per heavy atom. The first kappa shape index (κ1) is 17.8. The van der Waals surface area contributed by atoms with E-state index in [1.54, 1.807) is 32.5 Å². The van der Waals surface area contributed by atoms with Gasteiger partial charge in [-0.25, -0.2) is 4.98 Å². The molecule has 0 N–H and O–H groups in total. The second kappa shape index (κ2) is 6.87. The Hall–Kier alpha value is -2.57. The number of amides is 1. The van der Waals surface area contributed by atoms with Crippen LogP contribution >= 0.6 is 22.9 Å². The molecule has 0 aliphatic carbocycles. The predicted molar refractivity (Wildman–Crippen MR) is 110 cm³/mol. The van der Waals surface area contributed by atoms with E-state index >= 15 is 0 Å². The van der Waals surface area contributed by atoms with Crippen molar-refractivity contribution < 1.29 is 9.53 Å². The summed E-state index contributed by atoms with van der Waals surface area (Å²) in [7, 11) is 5.03. The molecule has 2 heterocycles. The molecule has 138 valence electrons. The van der Waals surface area contributed by atoms with E-state index < -0.39 is 5.38 Å². The number of aromatic nitrogens is 2. The molecule has 1 unspecified atom stereocenters. The summed E-state index contributed by atoms with van der Waals surface area (Å²) in [5, 5.41) is -0.842. The van der Waals surface area contributed by atoms with Gasteiger partial charge in [-0.3, -0.25) is 9.20 Å². The van der Waals surface area contributed by atoms with Gasteiger partial charge in [0.25, 0.3) is 0 Å². The minimum Gasteiger partial charge on any atom is -0.497 e. The summed E-state index contributed by atoms with van der Waals surface area (Å²) in [6.45, 7) is 0. The summed E-state index contributed by atoms with van der Waals surface area (Å²) >= 11 is 8.25. The molecule has 1 amide bonds. The molecule has 0 aliphatic heterocycles. The predicted octanol–water partition coefficient (Wildman–Crippen LogP) is 4.59. The summed E-state index contributed by atoms with van der Waals surface area (Å²) in [5.41, 5.74) is 3.29. The number of nitrogens with zero attached hydrogens (tertiary/aromatic N) is 3. The van der Waals surface area contributed by atoms with Crippen LogP contribution in [0.3, 0.4) is 0 Å². The number of carbonyl (C=O) groups excluding carboxylic acids is 1. The summed E-state index contributed by atoms with van der Waals surface area (Å²) in [5.74, 6) is 0.585. The number of thiazole rings is 1. The number of para-hydroxylation sites is 1. The number of halogens is 1. The topological polar surface area (TPSA) is 46.8 Å². The van der Waals surface area contributed by atoms with E-state index in [0.29, 0.717) is 11.4 Å². The number of carbonyl (C=O) groups is 1. The lowest BCUT2D eigenvalue weighted by molar-refractivity contribution is -0.128. The first-order valence-corrected chi connectivity index (χ1v) is 9.66. The number of imidazole rings is 1. The van der Waals surface area contributed by atoms with Gasteiger partial charge in [-0.2, -0.15) is 0 Å². The van der Waals surface area contributed by atoms with Gasteiger partial charge >= 0.3 is 0 Å². The minimum atomic E-state index is -0.842. The van der Waals surface area contributed by atoms with Gasteiger partial charge in [-0.05, 0) is 36.4 Å². The highest BCUT2D eigenvalue weighted by Crippen LogP contribution is 2.38. The molecule has 27 heavy (non-hydrogen) atoms. The molecular weight excluding hydrogens is 382 g/mol. The van der Waals surface area contributed by atoms with Crippen molar-refractivity contribution in [1.82, 2.24) is 14.3 Å². The Kier molecular flexibility index (Phi) is 4.53. The van der Waals surface area contributed by atoms with Crippen LogP contribution in [0.2, 0.25) is 0 Å². The normalized spacial score (nSPS) is 12.4. The van der Waals surface area contributed by atoms with Crippen LogP contribution in [0.1, 0.15) is 11.1 Å². The van der Waals surface area contributed by atoms with Crippen LogP contribution in [0.4, 0.5) is 0 Å². The molecule has 7 heteroatoms. The molecule has 2 aromatic carbocycles. The van der Waals surface area contributed by atoms with E-state index in [9.17, 15) is 4.79 Å². The third-order valence-corrected chi connectivity index (χ3v) is 5.87. The Labute approximate surface area is 165 Å². The van der Waals surface area contributed by atoms with Gasteiger partial charge in [-0.1, -0.05) is 23.5 Å². The Morgan fingerprint density at radius 2 is 1.89 bits per heavy atom. The maximum Gasteiger partial charge on any atom is 0.246 e. The summed E-state index contributed by atoms with van der Waals surface area (Å²) in [6.07, 6.45) is 0. The zero-order valence-electron chi connectivity index (χ0n) is 15.1. The molecule has 0 aliphatic rings. The largest absolute Gasteiger partial charge is 0.497 e. The van der Waals surface area contributed by atoms with Crippen molar-refractivity contribution in [3.63, 3.8) is 0 Å². The van der Waals surface area contributed by atoms with Crippen LogP contribution in [0.5, 0.6) is 5.75 Å². The molecule has 5 nitrogen and oxygen atoms in total. The molecule has 2 aromatic heterocycles. The van der Waals surface area contributed by atoms with Gasteiger partial charge in [0.1, 0.15) is 5.75 Å². The van der Waals surface area contributed by atoms with Gasteiger partial charge in [-0.15, -0.1) is 11.6 Å². The monoisotopic (exact) mass is 399 g/mol. The van der Waals surface area contributed by atoms with Crippen LogP contribution < -0.4 is 4.74 Å². The van der Waals surface area contributed by atoms with Gasteiger partial charge in [0.05, 0.1) is 28.7 Å². The summed E-state index contributed by atoms with van der Waals surface area (Å²) in [6, 6.07) is 15.6. The van der Waals surface area contributed by atoms with Crippen molar-refractivity contribution in [3.05, 3.63) is 54.2 Å². The number of ether oxygens (including phenoxy) is 1. The average molecular weight is 400 g/mol. The molecule has 0 saturated carbocycles. The number of alkyl halides is 1. The molecule has 4 aromatic rings. The fraction of sp³-hybridized carbons (Fsp3) is 0.200. The highest BCUT2D eigenvalue weighted by Gasteiger charge is 2.29. The maximum atomic E-state index is 12.7. The van der Waals surface area contributed by atoms with Gasteiger partial charge in [0.15, 0.2) is 10.3 Å². The molecule has 0 bridgehead atoms. The molecule has 4 rings (SSSR count). The highest BCUT2D eigenvalue weighted by molar-refractivity contribution is 7.23. The van der Waals surface area contributed by atoms with Gasteiger partial charge < -0.3 is 9.64 Å². The Balaban J connectivity index is 2.00. The second-order valence-electron chi connectivity index (χ2n) is 6.36. The average Bonchev–Trinajstić information content (AvgIpc) is 3.22. The lowest BCUT2D eigenvalue weighted by atomic mass is 10.1. The Bertz CT molecular complexity index is 1130. The number of benzene rings is 2. The zero-order valence-corrected chi connectivity index (χ0v) is 16.7. The summed E-state index contributed by atoms with van der Waals surface area (Å²) in [4.78, 5) is 19.8. The van der Waals surface area contributed by atoms with Crippen LogP contribution in [0.15, 0.2) is 48.5 Å². The van der Waals surface area contributed by atoms with Crippen molar-refractivity contribution in [2.45, 2.75) is 5.38 Å². The molecule has 0 saturated heterocycles. The number of rotatable bonds is 4. The van der Waals surface area contributed by atoms with Crippen LogP contribution in [-0.4, -0.2) is 41.4 Å². The Morgan fingerprint density at radius 3 is 2.56 bits per heavy atom. The number of hydrogen-bond acceptors (Lipinski definition) is 4. The lowest BCUT2D eigenvalue weighted by Gasteiger charge is -2.16. The number of methoxy groups -OCH3 is 1. The smallest absolute Gasteiger partial charge is 0.246 e. The zero-order chi connectivity index (χ0) is 19.1. The number of fused-ring (bicyclic) bond motifs is 3. The summed E-state index contributed by atoms with van der Waals surface area (Å²) < 4.78 is 8.34. The van der Waals surface area contributed by atoms with Gasteiger partial charge in [0.2, 0.25) is 5.91 Å². The van der Waals surface area contributed by atoms with E-state index in [1.807, 2.05) is 52.9 Å². The first-order chi connectivity index (χ1) is 13.0. The third-order valence-electron chi connectivity index (χ3n) is 4.45. The lowest BCUT2D eigenvalue weighted by Crippen LogP contribution is -2.26. The molecule has 0 radical (unpaired) electrons. The molecular formula is C20H18ClN3O2S. The fourth-order valence-corrected chi connectivity index (χ4v) is 4.51. The second-order valence-corrected chi connectivity index (χ2v) is 7.80. The van der Waals surface area contributed by atoms with E-state index in [0.717, 1.165) is 26.5 Å². The van der Waals surface area contributed by atoms with Crippen molar-refractivity contribution in [3.8, 4) is 17.0 Å². The molecule has 0 fully saturated rings. The van der Waals surface area contributed by atoms with Crippen LogP contribution in [0, 0.1) is 0 Å². The van der Waals surface area contributed by atoms with Crippen molar-refractivity contribution >= 4 is 44.0 Å². The van der Waals surface area contributed by atoms with Crippen molar-refractivity contribution in [2.75, 3.05) is 21.2 Å². The fourth-order valence-electron chi connectivity index (χ4n) is 3.08. The first-order valence-electron chi connectivity index (χ1n) is 8.41.